The predicted molar refractivity (Wildman–Crippen MR) is 50.1 cm³/mol. The molecule has 2 aliphatic rings. The van der Waals surface area contributed by atoms with Gasteiger partial charge in [-0.05, 0) is 44.4 Å². The summed E-state index contributed by atoms with van der Waals surface area (Å²) in [4.78, 5) is 11.3. The van der Waals surface area contributed by atoms with Crippen molar-refractivity contribution in [3.8, 4) is 0 Å². The summed E-state index contributed by atoms with van der Waals surface area (Å²) in [5.41, 5.74) is 0.516. The summed E-state index contributed by atoms with van der Waals surface area (Å²) in [7, 11) is 0. The lowest BCUT2D eigenvalue weighted by atomic mass is 9.98. The van der Waals surface area contributed by atoms with Crippen LogP contribution in [0.3, 0.4) is 0 Å². The monoisotopic (exact) mass is 180 g/mol. The summed E-state index contributed by atoms with van der Waals surface area (Å²) in [5, 5.41) is 0. The van der Waals surface area contributed by atoms with Crippen molar-refractivity contribution in [1.29, 1.82) is 0 Å². The third-order valence-corrected chi connectivity index (χ3v) is 3.28. The van der Waals surface area contributed by atoms with Crippen molar-refractivity contribution in [2.45, 2.75) is 38.7 Å². The van der Waals surface area contributed by atoms with Crippen LogP contribution in [0.15, 0.2) is 12.2 Å². The largest absolute Gasteiger partial charge is 0.459 e. The molecule has 2 fully saturated rings. The average molecular weight is 180 g/mol. The van der Waals surface area contributed by atoms with Gasteiger partial charge in [0.15, 0.2) is 0 Å². The number of hydrogen-bond acceptors (Lipinski definition) is 2. The molecule has 72 valence electrons. The molecule has 13 heavy (non-hydrogen) atoms. The normalized spacial score (nSPS) is 36.2. The van der Waals surface area contributed by atoms with Crippen LogP contribution in [-0.4, -0.2) is 12.1 Å². The van der Waals surface area contributed by atoms with Crippen LogP contribution in [0, 0.1) is 11.8 Å². The highest BCUT2D eigenvalue weighted by atomic mass is 16.5. The SMILES string of the molecule is C=C(C)C(=O)O[C@H]1C[C@H]2CC[C@@H]1C2. The van der Waals surface area contributed by atoms with Gasteiger partial charge in [-0.1, -0.05) is 6.58 Å². The lowest BCUT2D eigenvalue weighted by molar-refractivity contribution is -0.146. The Kier molecular flexibility index (Phi) is 2.14. The maximum Gasteiger partial charge on any atom is 0.333 e. The summed E-state index contributed by atoms with van der Waals surface area (Å²) in [5.74, 6) is 1.26. The first-order valence-electron chi connectivity index (χ1n) is 5.03. The highest BCUT2D eigenvalue weighted by Crippen LogP contribution is 2.45. The molecular formula is C11H16O2. The number of esters is 1. The van der Waals surface area contributed by atoms with E-state index in [1.807, 2.05) is 0 Å². The van der Waals surface area contributed by atoms with Crippen molar-refractivity contribution >= 4 is 5.97 Å². The van der Waals surface area contributed by atoms with Crippen LogP contribution in [0.25, 0.3) is 0 Å². The standard InChI is InChI=1S/C11H16O2/c1-7(2)11(12)13-10-6-8-3-4-9(10)5-8/h8-10H,1,3-6H2,2H3/t8-,9+,10-/m0/s1. The predicted octanol–water partition coefficient (Wildman–Crippen LogP) is 2.29. The molecule has 2 aliphatic carbocycles. The van der Waals surface area contributed by atoms with E-state index in [0.717, 1.165) is 12.3 Å². The van der Waals surface area contributed by atoms with Crippen LogP contribution >= 0.6 is 0 Å². The third kappa shape index (κ3) is 1.62. The second kappa shape index (κ2) is 3.17. The number of fused-ring (bicyclic) bond motifs is 2. The summed E-state index contributed by atoms with van der Waals surface area (Å²) < 4.78 is 5.37. The molecular weight excluding hydrogens is 164 g/mol. The van der Waals surface area contributed by atoms with E-state index >= 15 is 0 Å². The van der Waals surface area contributed by atoms with Crippen molar-refractivity contribution in [3.63, 3.8) is 0 Å². The highest BCUT2D eigenvalue weighted by molar-refractivity contribution is 5.87. The molecule has 0 radical (unpaired) electrons. The van der Waals surface area contributed by atoms with Gasteiger partial charge in [0.1, 0.15) is 6.10 Å². The van der Waals surface area contributed by atoms with Gasteiger partial charge in [0.05, 0.1) is 0 Å². The van der Waals surface area contributed by atoms with E-state index in [9.17, 15) is 4.79 Å². The molecule has 2 nitrogen and oxygen atoms in total. The smallest absolute Gasteiger partial charge is 0.333 e. The molecule has 0 aromatic carbocycles. The fourth-order valence-corrected chi connectivity index (χ4v) is 2.57. The van der Waals surface area contributed by atoms with E-state index in [0.29, 0.717) is 11.5 Å². The van der Waals surface area contributed by atoms with Crippen molar-refractivity contribution in [2.24, 2.45) is 11.8 Å². The number of hydrogen-bond donors (Lipinski definition) is 0. The Balaban J connectivity index is 1.90. The van der Waals surface area contributed by atoms with Crippen LogP contribution in [0.4, 0.5) is 0 Å². The van der Waals surface area contributed by atoms with Crippen molar-refractivity contribution in [2.75, 3.05) is 0 Å². The molecule has 0 aromatic rings. The molecule has 0 aliphatic heterocycles. The first-order valence-corrected chi connectivity index (χ1v) is 5.03. The van der Waals surface area contributed by atoms with Crippen LogP contribution < -0.4 is 0 Å². The molecule has 0 aromatic heterocycles. The number of carbonyl (C=O) groups excluding carboxylic acids is 1. The van der Waals surface area contributed by atoms with Gasteiger partial charge >= 0.3 is 5.97 Å². The molecule has 0 unspecified atom stereocenters. The quantitative estimate of drug-likeness (QED) is 0.481. The highest BCUT2D eigenvalue weighted by Gasteiger charge is 2.41. The van der Waals surface area contributed by atoms with Crippen LogP contribution in [0.1, 0.15) is 32.6 Å². The summed E-state index contributed by atoms with van der Waals surface area (Å²) in [6.45, 7) is 5.29. The minimum absolute atomic E-state index is 0.197. The zero-order valence-electron chi connectivity index (χ0n) is 8.08. The van der Waals surface area contributed by atoms with E-state index in [4.69, 9.17) is 4.74 Å². The Morgan fingerprint density at radius 1 is 1.38 bits per heavy atom. The van der Waals surface area contributed by atoms with Gasteiger partial charge in [0.25, 0.3) is 0 Å². The zero-order chi connectivity index (χ0) is 9.42. The van der Waals surface area contributed by atoms with Gasteiger partial charge in [-0.2, -0.15) is 0 Å². The van der Waals surface area contributed by atoms with E-state index < -0.39 is 0 Å². The van der Waals surface area contributed by atoms with Gasteiger partial charge in [-0.3, -0.25) is 0 Å². The molecule has 2 heteroatoms. The topological polar surface area (TPSA) is 26.3 Å². The fourth-order valence-electron chi connectivity index (χ4n) is 2.57. The Hall–Kier alpha value is -0.790. The van der Waals surface area contributed by atoms with Gasteiger partial charge < -0.3 is 4.74 Å². The number of rotatable bonds is 2. The van der Waals surface area contributed by atoms with Gasteiger partial charge in [0, 0.05) is 5.57 Å². The van der Waals surface area contributed by atoms with E-state index in [1.54, 1.807) is 6.92 Å². The lowest BCUT2D eigenvalue weighted by Crippen LogP contribution is -2.24. The third-order valence-electron chi connectivity index (χ3n) is 3.28. The van der Waals surface area contributed by atoms with Crippen LogP contribution in [-0.2, 0) is 9.53 Å². The Bertz CT molecular complexity index is 244. The van der Waals surface area contributed by atoms with Crippen LogP contribution in [0.5, 0.6) is 0 Å². The Labute approximate surface area is 79.0 Å². The van der Waals surface area contributed by atoms with Gasteiger partial charge in [-0.25, -0.2) is 4.79 Å². The van der Waals surface area contributed by atoms with E-state index in [1.165, 1.54) is 19.3 Å². The van der Waals surface area contributed by atoms with Crippen molar-refractivity contribution in [3.05, 3.63) is 12.2 Å². The summed E-state index contributed by atoms with van der Waals surface area (Å²) in [6, 6.07) is 0. The second-order valence-corrected chi connectivity index (χ2v) is 4.40. The first kappa shape index (κ1) is 8.79. The molecule has 2 bridgehead atoms. The number of ether oxygens (including phenoxy) is 1. The summed E-state index contributed by atoms with van der Waals surface area (Å²) >= 11 is 0. The Morgan fingerprint density at radius 3 is 2.62 bits per heavy atom. The van der Waals surface area contributed by atoms with Crippen molar-refractivity contribution in [1.82, 2.24) is 0 Å². The first-order chi connectivity index (χ1) is 6.16. The summed E-state index contributed by atoms with van der Waals surface area (Å²) in [6.07, 6.45) is 5.14. The molecule has 3 atom stereocenters. The van der Waals surface area contributed by atoms with Crippen LogP contribution in [0.2, 0.25) is 0 Å². The average Bonchev–Trinajstić information content (AvgIpc) is 2.64. The minimum atomic E-state index is -0.211. The molecule has 2 saturated carbocycles. The molecule has 0 N–H and O–H groups in total. The zero-order valence-corrected chi connectivity index (χ0v) is 8.08. The molecule has 0 amide bonds. The molecule has 2 rings (SSSR count). The minimum Gasteiger partial charge on any atom is -0.459 e. The second-order valence-electron chi connectivity index (χ2n) is 4.40. The maximum absolute atomic E-state index is 11.3. The molecule has 0 spiro atoms. The van der Waals surface area contributed by atoms with Crippen molar-refractivity contribution < 1.29 is 9.53 Å². The van der Waals surface area contributed by atoms with E-state index in [2.05, 4.69) is 6.58 Å². The fraction of sp³-hybridized carbons (Fsp3) is 0.727. The van der Waals surface area contributed by atoms with Gasteiger partial charge in [0.2, 0.25) is 0 Å². The lowest BCUT2D eigenvalue weighted by Gasteiger charge is -2.21. The number of carbonyl (C=O) groups is 1. The Morgan fingerprint density at radius 2 is 2.15 bits per heavy atom. The van der Waals surface area contributed by atoms with Gasteiger partial charge in [-0.15, -0.1) is 0 Å². The molecule has 0 saturated heterocycles. The molecule has 0 heterocycles. The van der Waals surface area contributed by atoms with E-state index in [-0.39, 0.29) is 12.1 Å². The maximum atomic E-state index is 11.3.